The molecule has 0 aliphatic heterocycles. The molecule has 7 nitrogen and oxygen atoms in total. The van der Waals surface area contributed by atoms with Crippen LogP contribution in [0, 0.1) is 6.92 Å². The van der Waals surface area contributed by atoms with Crippen molar-refractivity contribution >= 4 is 43.5 Å². The number of H-pyrrole nitrogens is 1. The minimum absolute atomic E-state index is 0.191. The second-order valence-corrected chi connectivity index (χ2v) is 9.85. The SMILES string of the molecule is CCOC(=O)c1cc2c([nH]c3ccccc32)c(-c2ccc(NS(=O)(=O)c3ccc(C)cc3)cc2)n1. The Balaban J connectivity index is 1.55. The van der Waals surface area contributed by atoms with Crippen LogP contribution in [0.15, 0.2) is 83.8 Å². The molecule has 0 radical (unpaired) electrons. The van der Waals surface area contributed by atoms with Gasteiger partial charge in [0.25, 0.3) is 10.0 Å². The second kappa shape index (κ2) is 8.88. The number of aromatic nitrogens is 2. The molecule has 35 heavy (non-hydrogen) atoms. The van der Waals surface area contributed by atoms with E-state index in [1.54, 1.807) is 61.5 Å². The Morgan fingerprint density at radius 3 is 2.40 bits per heavy atom. The number of nitrogens with one attached hydrogen (secondary N) is 2. The first-order valence-corrected chi connectivity index (χ1v) is 12.6. The predicted octanol–water partition coefficient (Wildman–Crippen LogP) is 5.67. The minimum Gasteiger partial charge on any atom is -0.461 e. The lowest BCUT2D eigenvalue weighted by molar-refractivity contribution is 0.0520. The van der Waals surface area contributed by atoms with Crippen LogP contribution in [0.25, 0.3) is 33.1 Å². The molecule has 0 bridgehead atoms. The van der Waals surface area contributed by atoms with Gasteiger partial charge in [0.2, 0.25) is 0 Å². The zero-order valence-electron chi connectivity index (χ0n) is 19.2. The predicted molar refractivity (Wildman–Crippen MR) is 137 cm³/mol. The van der Waals surface area contributed by atoms with Crippen molar-refractivity contribution in [3.05, 3.63) is 90.1 Å². The summed E-state index contributed by atoms with van der Waals surface area (Å²) in [5.41, 5.74) is 4.63. The van der Waals surface area contributed by atoms with Crippen molar-refractivity contribution in [2.75, 3.05) is 11.3 Å². The maximum Gasteiger partial charge on any atom is 0.356 e. The van der Waals surface area contributed by atoms with E-state index in [9.17, 15) is 13.2 Å². The average molecular weight is 486 g/mol. The molecule has 0 atom stereocenters. The Morgan fingerprint density at radius 1 is 0.971 bits per heavy atom. The summed E-state index contributed by atoms with van der Waals surface area (Å²) in [6.07, 6.45) is 0. The largest absolute Gasteiger partial charge is 0.461 e. The van der Waals surface area contributed by atoms with Gasteiger partial charge in [-0.25, -0.2) is 18.2 Å². The molecule has 2 heterocycles. The van der Waals surface area contributed by atoms with Crippen molar-refractivity contribution in [1.29, 1.82) is 0 Å². The molecule has 0 saturated heterocycles. The fourth-order valence-corrected chi connectivity index (χ4v) is 5.05. The number of carbonyl (C=O) groups is 1. The Kier molecular flexibility index (Phi) is 5.74. The third-order valence-electron chi connectivity index (χ3n) is 5.72. The number of hydrogen-bond donors (Lipinski definition) is 2. The number of sulfonamides is 1. The van der Waals surface area contributed by atoms with Gasteiger partial charge in [-0.1, -0.05) is 48.0 Å². The monoisotopic (exact) mass is 485 g/mol. The summed E-state index contributed by atoms with van der Waals surface area (Å²) < 4.78 is 33.3. The molecule has 0 saturated carbocycles. The summed E-state index contributed by atoms with van der Waals surface area (Å²) in [6.45, 7) is 3.90. The van der Waals surface area contributed by atoms with Crippen molar-refractivity contribution < 1.29 is 17.9 Å². The first kappa shape index (κ1) is 22.6. The van der Waals surface area contributed by atoms with Crippen LogP contribution in [-0.4, -0.2) is 31.0 Å². The quantitative estimate of drug-likeness (QED) is 0.302. The summed E-state index contributed by atoms with van der Waals surface area (Å²) >= 11 is 0. The maximum absolute atomic E-state index is 12.7. The van der Waals surface area contributed by atoms with Gasteiger partial charge in [0.1, 0.15) is 5.69 Å². The van der Waals surface area contributed by atoms with Gasteiger partial charge >= 0.3 is 5.97 Å². The smallest absolute Gasteiger partial charge is 0.356 e. The molecule has 0 aliphatic rings. The number of fused-ring (bicyclic) bond motifs is 3. The first-order valence-electron chi connectivity index (χ1n) is 11.1. The summed E-state index contributed by atoms with van der Waals surface area (Å²) in [4.78, 5) is 20.7. The van der Waals surface area contributed by atoms with Crippen LogP contribution in [0.5, 0.6) is 0 Å². The molecule has 0 spiro atoms. The number of ether oxygens (including phenoxy) is 1. The van der Waals surface area contributed by atoms with Crippen LogP contribution >= 0.6 is 0 Å². The van der Waals surface area contributed by atoms with Gasteiger partial charge in [0.05, 0.1) is 22.7 Å². The fourth-order valence-electron chi connectivity index (χ4n) is 3.99. The van der Waals surface area contributed by atoms with Crippen LogP contribution in [-0.2, 0) is 14.8 Å². The second-order valence-electron chi connectivity index (χ2n) is 8.17. The molecule has 0 fully saturated rings. The summed E-state index contributed by atoms with van der Waals surface area (Å²) in [7, 11) is -3.72. The molecule has 5 rings (SSSR count). The van der Waals surface area contributed by atoms with Crippen molar-refractivity contribution in [1.82, 2.24) is 9.97 Å². The van der Waals surface area contributed by atoms with Gasteiger partial charge in [0, 0.05) is 27.5 Å². The molecule has 5 aromatic rings. The van der Waals surface area contributed by atoms with E-state index in [1.165, 1.54) is 0 Å². The van der Waals surface area contributed by atoms with E-state index in [-0.39, 0.29) is 17.2 Å². The molecule has 0 unspecified atom stereocenters. The molecule has 8 heteroatoms. The summed E-state index contributed by atoms with van der Waals surface area (Å²) in [6, 6.07) is 23.1. The number of pyridine rings is 1. The van der Waals surface area contributed by atoms with Gasteiger partial charge in [-0.2, -0.15) is 0 Å². The third-order valence-corrected chi connectivity index (χ3v) is 7.12. The van der Waals surface area contributed by atoms with Crippen LogP contribution in [0.1, 0.15) is 23.0 Å². The zero-order chi connectivity index (χ0) is 24.6. The maximum atomic E-state index is 12.7. The fraction of sp³-hybridized carbons (Fsp3) is 0.111. The van der Waals surface area contributed by atoms with Crippen molar-refractivity contribution in [3.63, 3.8) is 0 Å². The van der Waals surface area contributed by atoms with Crippen molar-refractivity contribution in [2.24, 2.45) is 0 Å². The van der Waals surface area contributed by atoms with E-state index in [0.29, 0.717) is 11.4 Å². The van der Waals surface area contributed by atoms with Gasteiger partial charge in [0.15, 0.2) is 0 Å². The Labute approximate surface area is 202 Å². The van der Waals surface area contributed by atoms with Gasteiger partial charge < -0.3 is 9.72 Å². The molecular weight excluding hydrogens is 462 g/mol. The highest BCUT2D eigenvalue weighted by molar-refractivity contribution is 7.92. The number of hydrogen-bond acceptors (Lipinski definition) is 5. The molecule has 2 aromatic heterocycles. The van der Waals surface area contributed by atoms with Gasteiger partial charge in [-0.3, -0.25) is 4.72 Å². The molecular formula is C27H23N3O4S. The third kappa shape index (κ3) is 4.36. The molecule has 0 aliphatic carbocycles. The molecule has 2 N–H and O–H groups in total. The van der Waals surface area contributed by atoms with Crippen molar-refractivity contribution in [2.45, 2.75) is 18.7 Å². The Bertz CT molecular complexity index is 1660. The number of carbonyl (C=O) groups excluding carboxylic acids is 1. The van der Waals surface area contributed by atoms with Gasteiger partial charge in [-0.15, -0.1) is 0 Å². The van der Waals surface area contributed by atoms with E-state index in [0.717, 1.165) is 32.9 Å². The minimum atomic E-state index is -3.72. The van der Waals surface area contributed by atoms with Crippen molar-refractivity contribution in [3.8, 4) is 11.3 Å². The number of aromatic amines is 1. The van der Waals surface area contributed by atoms with E-state index < -0.39 is 16.0 Å². The number of esters is 1. The molecule has 176 valence electrons. The molecule has 3 aromatic carbocycles. The number of anilines is 1. The topological polar surface area (TPSA) is 101 Å². The van der Waals surface area contributed by atoms with E-state index in [4.69, 9.17) is 4.74 Å². The van der Waals surface area contributed by atoms with Crippen LogP contribution in [0.4, 0.5) is 5.69 Å². The first-order chi connectivity index (χ1) is 16.9. The lowest BCUT2D eigenvalue weighted by Crippen LogP contribution is -2.12. The van der Waals surface area contributed by atoms with Crippen LogP contribution in [0.3, 0.4) is 0 Å². The van der Waals surface area contributed by atoms with E-state index in [2.05, 4.69) is 14.7 Å². The zero-order valence-corrected chi connectivity index (χ0v) is 20.0. The average Bonchev–Trinajstić information content (AvgIpc) is 3.23. The van der Waals surface area contributed by atoms with Crippen LogP contribution in [0.2, 0.25) is 0 Å². The number of para-hydroxylation sites is 1. The lowest BCUT2D eigenvalue weighted by atomic mass is 10.1. The van der Waals surface area contributed by atoms with Gasteiger partial charge in [-0.05, 0) is 50.2 Å². The normalized spacial score (nSPS) is 11.6. The number of aryl methyl sites for hydroxylation is 1. The Morgan fingerprint density at radius 2 is 1.69 bits per heavy atom. The highest BCUT2D eigenvalue weighted by atomic mass is 32.2. The van der Waals surface area contributed by atoms with Crippen LogP contribution < -0.4 is 4.72 Å². The highest BCUT2D eigenvalue weighted by Crippen LogP contribution is 2.33. The number of nitrogens with zero attached hydrogens (tertiary/aromatic N) is 1. The van der Waals surface area contributed by atoms with E-state index in [1.807, 2.05) is 31.2 Å². The Hall–Kier alpha value is -4.17. The number of benzene rings is 3. The summed E-state index contributed by atoms with van der Waals surface area (Å²) in [5, 5.41) is 1.83. The van der Waals surface area contributed by atoms with E-state index >= 15 is 0 Å². The highest BCUT2D eigenvalue weighted by Gasteiger charge is 2.18. The standard InChI is InChI=1S/C27H23N3O4S/c1-3-34-27(31)24-16-22-21-6-4-5-7-23(21)28-26(22)25(29-24)18-10-12-19(13-11-18)30-35(32,33)20-14-8-17(2)9-15-20/h4-16,28,30H,3H2,1-2H3. The summed E-state index contributed by atoms with van der Waals surface area (Å²) in [5.74, 6) is -0.497. The number of rotatable bonds is 6. The molecule has 0 amide bonds. The lowest BCUT2D eigenvalue weighted by Gasteiger charge is -2.10.